The summed E-state index contributed by atoms with van der Waals surface area (Å²) >= 11 is 18.6. The van der Waals surface area contributed by atoms with Crippen LogP contribution in [0, 0.1) is 23.2 Å². The summed E-state index contributed by atoms with van der Waals surface area (Å²) in [5, 5.41) is 7.36. The van der Waals surface area contributed by atoms with E-state index in [1.165, 1.54) is 43.5 Å². The summed E-state index contributed by atoms with van der Waals surface area (Å²) in [5.74, 6) is 2.42. The molecule has 4 saturated carbocycles. The number of rotatable bonds is 2. The van der Waals surface area contributed by atoms with E-state index in [1.807, 2.05) is 0 Å². The molecule has 1 aliphatic heterocycles. The van der Waals surface area contributed by atoms with Gasteiger partial charge in [0.15, 0.2) is 0 Å². The average molecular weight is 398 g/mol. The number of anilines is 1. The lowest BCUT2D eigenvalue weighted by Gasteiger charge is -2.56. The molecule has 5 aliphatic rings. The van der Waals surface area contributed by atoms with Crippen molar-refractivity contribution in [2.45, 2.75) is 44.9 Å². The number of amides is 1. The zero-order chi connectivity index (χ0) is 17.3. The lowest BCUT2D eigenvalue weighted by atomic mass is 9.48. The molecular weight excluding hydrogens is 379 g/mol. The van der Waals surface area contributed by atoms with E-state index in [2.05, 4.69) is 0 Å². The van der Waals surface area contributed by atoms with Gasteiger partial charge in [-0.15, -0.1) is 0 Å². The number of hydrogen-bond acceptors (Lipinski definition) is 2. The minimum atomic E-state index is -0.0446. The minimum absolute atomic E-state index is 0.0446. The summed E-state index contributed by atoms with van der Waals surface area (Å²) in [6, 6.07) is 3.21. The quantitative estimate of drug-likeness (QED) is 0.606. The largest absolute Gasteiger partial charge is 0.272 e. The maximum atomic E-state index is 12.7. The molecule has 1 aromatic rings. The van der Waals surface area contributed by atoms with E-state index in [0.29, 0.717) is 27.2 Å². The van der Waals surface area contributed by atoms with Crippen LogP contribution in [0.3, 0.4) is 0 Å². The van der Waals surface area contributed by atoms with Crippen LogP contribution in [0.5, 0.6) is 0 Å². The molecule has 0 unspecified atom stereocenters. The Kier molecular flexibility index (Phi) is 3.68. The Morgan fingerprint density at radius 1 is 0.960 bits per heavy atom. The second-order valence-electron chi connectivity index (χ2n) is 8.34. The van der Waals surface area contributed by atoms with Crippen molar-refractivity contribution in [3.05, 3.63) is 27.2 Å². The number of benzene rings is 1. The number of halogens is 3. The molecule has 4 bridgehead atoms. The van der Waals surface area contributed by atoms with E-state index in [1.54, 1.807) is 12.1 Å². The predicted octanol–water partition coefficient (Wildman–Crippen LogP) is 5.96. The first-order chi connectivity index (χ1) is 11.9. The molecule has 132 valence electrons. The summed E-state index contributed by atoms with van der Waals surface area (Å²) in [6.45, 7) is 0. The monoisotopic (exact) mass is 396 g/mol. The van der Waals surface area contributed by atoms with Crippen LogP contribution in [-0.2, 0) is 4.79 Å². The second-order valence-corrected chi connectivity index (χ2v) is 9.60. The maximum Gasteiger partial charge on any atom is 0.253 e. The van der Waals surface area contributed by atoms with Crippen LogP contribution in [-0.4, -0.2) is 11.6 Å². The summed E-state index contributed by atoms with van der Waals surface area (Å²) < 4.78 is 0. The van der Waals surface area contributed by atoms with Crippen LogP contribution >= 0.6 is 34.8 Å². The van der Waals surface area contributed by atoms with Gasteiger partial charge in [-0.1, -0.05) is 34.8 Å². The molecule has 0 atom stereocenters. The molecule has 0 N–H and O–H groups in total. The third kappa shape index (κ3) is 2.54. The highest BCUT2D eigenvalue weighted by Crippen LogP contribution is 2.61. The Morgan fingerprint density at radius 3 is 2.00 bits per heavy atom. The van der Waals surface area contributed by atoms with Crippen LogP contribution in [0.1, 0.15) is 44.9 Å². The molecule has 6 rings (SSSR count). The first kappa shape index (κ1) is 16.4. The van der Waals surface area contributed by atoms with E-state index in [9.17, 15) is 4.79 Å². The zero-order valence-electron chi connectivity index (χ0n) is 13.8. The van der Waals surface area contributed by atoms with Crippen molar-refractivity contribution in [3.63, 3.8) is 0 Å². The van der Waals surface area contributed by atoms with E-state index >= 15 is 0 Å². The lowest BCUT2D eigenvalue weighted by molar-refractivity contribution is -0.117. The number of carbonyl (C=O) groups excluding carboxylic acids is 1. The fourth-order valence-electron chi connectivity index (χ4n) is 6.10. The fraction of sp³-hybridized carbons (Fsp3) is 0.579. The van der Waals surface area contributed by atoms with Gasteiger partial charge >= 0.3 is 0 Å². The van der Waals surface area contributed by atoms with Gasteiger partial charge in [0.2, 0.25) is 0 Å². The first-order valence-corrected chi connectivity index (χ1v) is 10.1. The normalized spacial score (nSPS) is 36.3. The molecular formula is C19H19Cl3N2O. The molecule has 0 saturated heterocycles. The molecule has 0 spiro atoms. The first-order valence-electron chi connectivity index (χ1n) is 8.99. The SMILES string of the molecule is O=C1CC(C23CC4CC(CC(C4)C2)C3)=NN1c1c(Cl)cc(Cl)cc1Cl. The molecule has 1 amide bonds. The molecule has 4 fully saturated rings. The van der Waals surface area contributed by atoms with Gasteiger partial charge in [-0.25, -0.2) is 0 Å². The predicted molar refractivity (Wildman–Crippen MR) is 102 cm³/mol. The fourth-order valence-corrected chi connectivity index (χ4v) is 7.08. The number of nitrogens with zero attached hydrogens (tertiary/aromatic N) is 2. The number of hydrogen-bond donors (Lipinski definition) is 0. The van der Waals surface area contributed by atoms with Gasteiger partial charge in [0, 0.05) is 10.4 Å². The van der Waals surface area contributed by atoms with Gasteiger partial charge in [0.1, 0.15) is 5.69 Å². The van der Waals surface area contributed by atoms with Crippen LogP contribution in [0.25, 0.3) is 0 Å². The lowest BCUT2D eigenvalue weighted by Crippen LogP contribution is -2.49. The highest BCUT2D eigenvalue weighted by Gasteiger charge is 2.54. The second kappa shape index (κ2) is 5.61. The van der Waals surface area contributed by atoms with Gasteiger partial charge in [0.25, 0.3) is 5.91 Å². The maximum absolute atomic E-state index is 12.7. The van der Waals surface area contributed by atoms with Crippen LogP contribution in [0.2, 0.25) is 15.1 Å². The molecule has 25 heavy (non-hydrogen) atoms. The Labute approximate surface area is 162 Å². The van der Waals surface area contributed by atoms with Crippen molar-refractivity contribution in [1.82, 2.24) is 0 Å². The van der Waals surface area contributed by atoms with E-state index < -0.39 is 0 Å². The summed E-state index contributed by atoms with van der Waals surface area (Å²) in [4.78, 5) is 12.7. The zero-order valence-corrected chi connectivity index (χ0v) is 16.0. The molecule has 0 aromatic heterocycles. The van der Waals surface area contributed by atoms with Crippen molar-refractivity contribution in [2.24, 2.45) is 28.3 Å². The van der Waals surface area contributed by atoms with Crippen LogP contribution in [0.4, 0.5) is 5.69 Å². The van der Waals surface area contributed by atoms with E-state index in [-0.39, 0.29) is 11.3 Å². The molecule has 4 aliphatic carbocycles. The number of hydrazone groups is 1. The standard InChI is InChI=1S/C19H19Cl3N2O/c20-13-4-14(21)18(15(22)5-13)24-17(25)6-16(23-24)19-7-10-1-11(8-19)3-12(2-10)9-19/h4-5,10-12H,1-3,6-9H2. The van der Waals surface area contributed by atoms with Crippen LogP contribution in [0.15, 0.2) is 17.2 Å². The van der Waals surface area contributed by atoms with Gasteiger partial charge < -0.3 is 0 Å². The Hall–Kier alpha value is -0.770. The van der Waals surface area contributed by atoms with Crippen molar-refractivity contribution in [1.29, 1.82) is 0 Å². The van der Waals surface area contributed by atoms with Crippen molar-refractivity contribution < 1.29 is 4.79 Å². The third-order valence-corrected chi connectivity index (χ3v) is 7.41. The number of carbonyl (C=O) groups is 1. The smallest absolute Gasteiger partial charge is 0.253 e. The van der Waals surface area contributed by atoms with E-state index in [0.717, 1.165) is 23.5 Å². The van der Waals surface area contributed by atoms with Crippen molar-refractivity contribution in [2.75, 3.05) is 5.01 Å². The molecule has 3 nitrogen and oxygen atoms in total. The van der Waals surface area contributed by atoms with Gasteiger partial charge in [-0.3, -0.25) is 4.79 Å². The van der Waals surface area contributed by atoms with Gasteiger partial charge in [-0.05, 0) is 68.4 Å². The Morgan fingerprint density at radius 2 is 1.48 bits per heavy atom. The summed E-state index contributed by atoms with van der Waals surface area (Å²) in [7, 11) is 0. The summed E-state index contributed by atoms with van der Waals surface area (Å²) in [6.07, 6.45) is 8.10. The van der Waals surface area contributed by atoms with Gasteiger partial charge in [-0.2, -0.15) is 10.1 Å². The molecule has 1 aromatic carbocycles. The highest BCUT2D eigenvalue weighted by molar-refractivity contribution is 6.42. The Bertz CT molecular complexity index is 746. The van der Waals surface area contributed by atoms with E-state index in [4.69, 9.17) is 39.9 Å². The summed E-state index contributed by atoms with van der Waals surface area (Å²) in [5.41, 5.74) is 1.64. The minimum Gasteiger partial charge on any atom is -0.272 e. The van der Waals surface area contributed by atoms with Crippen molar-refractivity contribution >= 4 is 52.1 Å². The molecule has 0 radical (unpaired) electrons. The van der Waals surface area contributed by atoms with Crippen molar-refractivity contribution in [3.8, 4) is 0 Å². The molecule has 6 heteroatoms. The third-order valence-electron chi connectivity index (χ3n) is 6.62. The highest BCUT2D eigenvalue weighted by atomic mass is 35.5. The topological polar surface area (TPSA) is 32.7 Å². The Balaban J connectivity index is 1.53. The molecule has 1 heterocycles. The average Bonchev–Trinajstić information content (AvgIpc) is 2.87. The van der Waals surface area contributed by atoms with Gasteiger partial charge in [0.05, 0.1) is 22.2 Å². The van der Waals surface area contributed by atoms with Crippen LogP contribution < -0.4 is 5.01 Å².